The van der Waals surface area contributed by atoms with Crippen molar-refractivity contribution in [2.45, 2.75) is 0 Å². The first-order valence-electron chi connectivity index (χ1n) is 4.90. The Morgan fingerprint density at radius 3 is 2.67 bits per heavy atom. The molecule has 2 rings (SSSR count). The molecule has 0 aliphatic carbocycles. The van der Waals surface area contributed by atoms with Crippen LogP contribution in [0.1, 0.15) is 10.4 Å². The molecule has 1 N–H and O–H groups in total. The second kappa shape index (κ2) is 5.37. The van der Waals surface area contributed by atoms with Crippen LogP contribution in [-0.2, 0) is 0 Å². The van der Waals surface area contributed by atoms with Gasteiger partial charge in [-0.1, -0.05) is 23.7 Å². The molecule has 92 valence electrons. The fraction of sp³-hybridized carbons (Fsp3) is 0. The van der Waals surface area contributed by atoms with E-state index in [0.717, 1.165) is 0 Å². The highest BCUT2D eigenvalue weighted by Crippen LogP contribution is 2.30. The van der Waals surface area contributed by atoms with Crippen LogP contribution in [0.25, 0.3) is 0 Å². The molecule has 0 aliphatic rings. The first-order valence-corrected chi connectivity index (χ1v) is 6.07. The van der Waals surface area contributed by atoms with Crippen molar-refractivity contribution < 1.29 is 14.6 Å². The number of aromatic carboxylic acids is 1. The van der Waals surface area contributed by atoms with E-state index in [1.807, 2.05) is 6.07 Å². The van der Waals surface area contributed by atoms with Crippen molar-refractivity contribution in [3.8, 4) is 11.6 Å². The predicted octanol–water partition coefficient (Wildman–Crippen LogP) is 3.99. The maximum atomic E-state index is 11.0. The van der Waals surface area contributed by atoms with E-state index in [0.29, 0.717) is 10.2 Å². The van der Waals surface area contributed by atoms with Gasteiger partial charge in [0.1, 0.15) is 16.5 Å². The van der Waals surface area contributed by atoms with Crippen LogP contribution in [0.3, 0.4) is 0 Å². The van der Waals surface area contributed by atoms with Gasteiger partial charge in [-0.2, -0.15) is 0 Å². The van der Waals surface area contributed by atoms with E-state index < -0.39 is 5.97 Å². The first kappa shape index (κ1) is 12.9. The lowest BCUT2D eigenvalue weighted by Gasteiger charge is -2.09. The van der Waals surface area contributed by atoms with E-state index in [2.05, 4.69) is 20.9 Å². The number of halogens is 2. The molecule has 2 aromatic rings. The monoisotopic (exact) mass is 327 g/mol. The molecule has 0 fully saturated rings. The van der Waals surface area contributed by atoms with E-state index in [1.54, 1.807) is 18.2 Å². The number of aromatic nitrogens is 1. The average molecular weight is 329 g/mol. The number of carboxylic acids is 1. The second-order valence-corrected chi connectivity index (χ2v) is 4.57. The predicted molar refractivity (Wildman–Crippen MR) is 70.4 cm³/mol. The molecule has 0 spiro atoms. The summed E-state index contributed by atoms with van der Waals surface area (Å²) in [6.45, 7) is 0. The van der Waals surface area contributed by atoms with Gasteiger partial charge in [0.05, 0.1) is 4.47 Å². The molecule has 1 heterocycles. The van der Waals surface area contributed by atoms with Gasteiger partial charge in [0.25, 0.3) is 0 Å². The number of nitrogens with zero attached hydrogens (tertiary/aromatic N) is 1. The largest absolute Gasteiger partial charge is 0.477 e. The van der Waals surface area contributed by atoms with Crippen LogP contribution in [-0.4, -0.2) is 16.1 Å². The van der Waals surface area contributed by atoms with E-state index in [4.69, 9.17) is 21.4 Å². The minimum absolute atomic E-state index is 0.0399. The zero-order valence-corrected chi connectivity index (χ0v) is 11.3. The number of pyridine rings is 1. The summed E-state index contributed by atoms with van der Waals surface area (Å²) in [5.74, 6) is -0.696. The van der Waals surface area contributed by atoms with Crippen molar-refractivity contribution in [3.05, 3.63) is 51.6 Å². The SMILES string of the molecule is O=C(O)c1ccc(Cl)nc1Oc1ccccc1Br. The van der Waals surface area contributed by atoms with Crippen LogP contribution >= 0.6 is 27.5 Å². The highest BCUT2D eigenvalue weighted by molar-refractivity contribution is 9.10. The smallest absolute Gasteiger partial charge is 0.341 e. The van der Waals surface area contributed by atoms with Crippen LogP contribution in [0, 0.1) is 0 Å². The number of para-hydroxylation sites is 1. The summed E-state index contributed by atoms with van der Waals surface area (Å²) in [5, 5.41) is 9.20. The summed E-state index contributed by atoms with van der Waals surface area (Å²) >= 11 is 9.03. The third-order valence-electron chi connectivity index (χ3n) is 2.10. The van der Waals surface area contributed by atoms with Crippen molar-refractivity contribution in [2.24, 2.45) is 0 Å². The number of carboxylic acid groups (broad SMARTS) is 1. The summed E-state index contributed by atoms with van der Waals surface area (Å²) in [5.41, 5.74) is -0.0462. The zero-order valence-electron chi connectivity index (χ0n) is 8.93. The quantitative estimate of drug-likeness (QED) is 0.866. The summed E-state index contributed by atoms with van der Waals surface area (Å²) in [7, 11) is 0. The zero-order chi connectivity index (χ0) is 13.1. The average Bonchev–Trinajstić information content (AvgIpc) is 2.32. The van der Waals surface area contributed by atoms with Gasteiger partial charge in [-0.25, -0.2) is 9.78 Å². The topological polar surface area (TPSA) is 59.4 Å². The molecule has 1 aromatic carbocycles. The Morgan fingerprint density at radius 2 is 2.00 bits per heavy atom. The van der Waals surface area contributed by atoms with E-state index in [-0.39, 0.29) is 16.6 Å². The number of carbonyl (C=O) groups is 1. The van der Waals surface area contributed by atoms with Gasteiger partial charge in [0.2, 0.25) is 5.88 Å². The molecule has 0 bridgehead atoms. The molecule has 0 amide bonds. The van der Waals surface area contributed by atoms with Crippen LogP contribution in [0.4, 0.5) is 0 Å². The molecule has 0 saturated heterocycles. The highest BCUT2D eigenvalue weighted by atomic mass is 79.9. The minimum Gasteiger partial charge on any atom is -0.477 e. The fourth-order valence-electron chi connectivity index (χ4n) is 1.29. The summed E-state index contributed by atoms with van der Waals surface area (Å²) in [6.07, 6.45) is 0. The lowest BCUT2D eigenvalue weighted by molar-refractivity contribution is 0.0693. The Balaban J connectivity index is 2.42. The Morgan fingerprint density at radius 1 is 1.28 bits per heavy atom. The first-order chi connectivity index (χ1) is 8.58. The highest BCUT2D eigenvalue weighted by Gasteiger charge is 2.15. The number of rotatable bonds is 3. The maximum Gasteiger partial charge on any atom is 0.341 e. The molecule has 4 nitrogen and oxygen atoms in total. The third kappa shape index (κ3) is 2.80. The Labute approximate surface area is 116 Å². The van der Waals surface area contributed by atoms with Gasteiger partial charge < -0.3 is 9.84 Å². The van der Waals surface area contributed by atoms with E-state index in [1.165, 1.54) is 12.1 Å². The van der Waals surface area contributed by atoms with Crippen LogP contribution in [0.15, 0.2) is 40.9 Å². The van der Waals surface area contributed by atoms with Gasteiger partial charge in [0, 0.05) is 0 Å². The molecular formula is C12H7BrClNO3. The Hall–Kier alpha value is -1.59. The van der Waals surface area contributed by atoms with Crippen molar-refractivity contribution >= 4 is 33.5 Å². The lowest BCUT2D eigenvalue weighted by Crippen LogP contribution is -2.02. The van der Waals surface area contributed by atoms with Crippen molar-refractivity contribution in [3.63, 3.8) is 0 Å². The molecule has 1 aromatic heterocycles. The maximum absolute atomic E-state index is 11.0. The lowest BCUT2D eigenvalue weighted by atomic mass is 10.3. The van der Waals surface area contributed by atoms with Crippen LogP contribution in [0.2, 0.25) is 5.15 Å². The van der Waals surface area contributed by atoms with Crippen LogP contribution < -0.4 is 4.74 Å². The van der Waals surface area contributed by atoms with E-state index >= 15 is 0 Å². The number of benzene rings is 1. The Kier molecular flexibility index (Phi) is 3.84. The van der Waals surface area contributed by atoms with Crippen LogP contribution in [0.5, 0.6) is 11.6 Å². The minimum atomic E-state index is -1.12. The summed E-state index contributed by atoms with van der Waals surface area (Å²) in [4.78, 5) is 14.9. The van der Waals surface area contributed by atoms with Crippen molar-refractivity contribution in [2.75, 3.05) is 0 Å². The van der Waals surface area contributed by atoms with Gasteiger partial charge in [-0.15, -0.1) is 0 Å². The second-order valence-electron chi connectivity index (χ2n) is 3.32. The number of hydrogen-bond donors (Lipinski definition) is 1. The summed E-state index contributed by atoms with van der Waals surface area (Å²) in [6, 6.07) is 9.81. The van der Waals surface area contributed by atoms with Gasteiger partial charge in [-0.3, -0.25) is 0 Å². The molecule has 0 unspecified atom stereocenters. The molecule has 18 heavy (non-hydrogen) atoms. The standard InChI is InChI=1S/C12H7BrClNO3/c13-8-3-1-2-4-9(8)18-11-7(12(16)17)5-6-10(14)15-11/h1-6H,(H,16,17). The molecule has 0 saturated carbocycles. The normalized spacial score (nSPS) is 10.1. The Bertz CT molecular complexity index is 604. The fourth-order valence-corrected chi connectivity index (χ4v) is 1.80. The molecular weight excluding hydrogens is 321 g/mol. The van der Waals surface area contributed by atoms with Gasteiger partial charge in [0.15, 0.2) is 0 Å². The summed E-state index contributed by atoms with van der Waals surface area (Å²) < 4.78 is 6.16. The molecule has 6 heteroatoms. The van der Waals surface area contributed by atoms with Crippen molar-refractivity contribution in [1.29, 1.82) is 0 Å². The number of hydrogen-bond acceptors (Lipinski definition) is 3. The van der Waals surface area contributed by atoms with Gasteiger partial charge in [-0.05, 0) is 40.2 Å². The molecule has 0 aliphatic heterocycles. The van der Waals surface area contributed by atoms with Crippen molar-refractivity contribution in [1.82, 2.24) is 4.98 Å². The molecule has 0 radical (unpaired) electrons. The molecule has 0 atom stereocenters. The van der Waals surface area contributed by atoms with Gasteiger partial charge >= 0.3 is 5.97 Å². The number of ether oxygens (including phenoxy) is 1. The van der Waals surface area contributed by atoms with E-state index in [9.17, 15) is 4.79 Å². The third-order valence-corrected chi connectivity index (χ3v) is 2.97.